The van der Waals surface area contributed by atoms with Crippen LogP contribution in [0.3, 0.4) is 0 Å². The van der Waals surface area contributed by atoms with Crippen LogP contribution in [0, 0.1) is 10.1 Å². The zero-order chi connectivity index (χ0) is 16.8. The highest BCUT2D eigenvalue weighted by Gasteiger charge is 2.17. The number of alkyl carbamates (subject to hydrolysis) is 1. The summed E-state index contributed by atoms with van der Waals surface area (Å²) in [6.45, 7) is 8.28. The number of non-ortho nitro benzene ring substituents is 1. The largest absolute Gasteiger partial charge is 0.444 e. The van der Waals surface area contributed by atoms with Crippen molar-refractivity contribution in [1.82, 2.24) is 10.6 Å². The minimum Gasteiger partial charge on any atom is -0.444 e. The summed E-state index contributed by atoms with van der Waals surface area (Å²) in [5.74, 6) is 0. The molecule has 0 saturated heterocycles. The van der Waals surface area contributed by atoms with E-state index in [0.29, 0.717) is 13.1 Å². The van der Waals surface area contributed by atoms with Gasteiger partial charge in [0.2, 0.25) is 0 Å². The molecule has 1 rings (SSSR count). The summed E-state index contributed by atoms with van der Waals surface area (Å²) < 4.78 is 5.16. The van der Waals surface area contributed by atoms with Gasteiger partial charge in [0.1, 0.15) is 5.60 Å². The molecule has 7 heteroatoms. The van der Waals surface area contributed by atoms with E-state index in [4.69, 9.17) is 4.74 Å². The molecule has 1 aromatic rings. The minimum atomic E-state index is -0.528. The van der Waals surface area contributed by atoms with Crippen molar-refractivity contribution in [2.24, 2.45) is 0 Å². The quantitative estimate of drug-likeness (QED) is 0.622. The third kappa shape index (κ3) is 7.03. The third-order valence-corrected chi connectivity index (χ3v) is 2.66. The number of nitrogens with zero attached hydrogens (tertiary/aromatic N) is 1. The van der Waals surface area contributed by atoms with Crippen LogP contribution in [0.2, 0.25) is 0 Å². The molecule has 0 aliphatic carbocycles. The van der Waals surface area contributed by atoms with Gasteiger partial charge < -0.3 is 15.4 Å². The fraction of sp³-hybridized carbons (Fsp3) is 0.533. The molecule has 1 atom stereocenters. The molecule has 0 spiro atoms. The summed E-state index contributed by atoms with van der Waals surface area (Å²) in [5, 5.41) is 16.6. The number of hydrogen-bond acceptors (Lipinski definition) is 5. The van der Waals surface area contributed by atoms with E-state index in [1.807, 2.05) is 13.0 Å². The molecule has 0 aromatic heterocycles. The minimum absolute atomic E-state index is 0.0687. The highest BCUT2D eigenvalue weighted by atomic mass is 16.6. The first kappa shape index (κ1) is 17.9. The van der Waals surface area contributed by atoms with Crippen LogP contribution in [0.1, 0.15) is 33.3 Å². The van der Waals surface area contributed by atoms with Crippen LogP contribution in [0.25, 0.3) is 0 Å². The second-order valence-corrected chi connectivity index (χ2v) is 6.11. The third-order valence-electron chi connectivity index (χ3n) is 2.66. The van der Waals surface area contributed by atoms with E-state index in [1.165, 1.54) is 12.1 Å². The zero-order valence-electron chi connectivity index (χ0n) is 13.4. The van der Waals surface area contributed by atoms with Crippen LogP contribution in [0.5, 0.6) is 0 Å². The molecule has 1 unspecified atom stereocenters. The van der Waals surface area contributed by atoms with Crippen LogP contribution in [0.15, 0.2) is 24.3 Å². The first-order valence-electron chi connectivity index (χ1n) is 7.11. The summed E-state index contributed by atoms with van der Waals surface area (Å²) in [5.41, 5.74) is 0.359. The van der Waals surface area contributed by atoms with Gasteiger partial charge in [0.25, 0.3) is 5.69 Å². The Morgan fingerprint density at radius 2 is 2.09 bits per heavy atom. The van der Waals surface area contributed by atoms with E-state index in [0.717, 1.165) is 5.56 Å². The molecule has 0 radical (unpaired) electrons. The van der Waals surface area contributed by atoms with Gasteiger partial charge in [-0.2, -0.15) is 0 Å². The average molecular weight is 309 g/mol. The molecule has 2 N–H and O–H groups in total. The van der Waals surface area contributed by atoms with Crippen molar-refractivity contribution in [3.8, 4) is 0 Å². The number of carbonyl (C=O) groups is 1. The van der Waals surface area contributed by atoms with E-state index in [2.05, 4.69) is 10.6 Å². The fourth-order valence-electron chi connectivity index (χ4n) is 1.77. The highest BCUT2D eigenvalue weighted by molar-refractivity contribution is 5.68. The van der Waals surface area contributed by atoms with E-state index in [1.54, 1.807) is 26.8 Å². The lowest BCUT2D eigenvalue weighted by Crippen LogP contribution is -2.42. The van der Waals surface area contributed by atoms with Crippen LogP contribution in [-0.4, -0.2) is 29.2 Å². The van der Waals surface area contributed by atoms with Crippen molar-refractivity contribution < 1.29 is 14.5 Å². The monoisotopic (exact) mass is 309 g/mol. The van der Waals surface area contributed by atoms with Crippen molar-refractivity contribution in [3.05, 3.63) is 39.9 Å². The van der Waals surface area contributed by atoms with Gasteiger partial charge in [0.05, 0.1) is 4.92 Å². The second kappa shape index (κ2) is 7.74. The number of hydrogen-bond donors (Lipinski definition) is 2. The maximum Gasteiger partial charge on any atom is 0.407 e. The number of ether oxygens (including phenoxy) is 1. The number of rotatable bonds is 6. The fourth-order valence-corrected chi connectivity index (χ4v) is 1.77. The van der Waals surface area contributed by atoms with Gasteiger partial charge in [-0.1, -0.05) is 12.1 Å². The number of amides is 1. The lowest BCUT2D eigenvalue weighted by atomic mass is 10.2. The lowest BCUT2D eigenvalue weighted by Gasteiger charge is -2.22. The molecule has 22 heavy (non-hydrogen) atoms. The molecule has 0 aliphatic heterocycles. The van der Waals surface area contributed by atoms with Crippen LogP contribution in [-0.2, 0) is 11.3 Å². The van der Waals surface area contributed by atoms with Crippen molar-refractivity contribution in [2.45, 2.75) is 45.9 Å². The molecule has 0 heterocycles. The topological polar surface area (TPSA) is 93.5 Å². The van der Waals surface area contributed by atoms with E-state index >= 15 is 0 Å². The Bertz CT molecular complexity index is 526. The maximum atomic E-state index is 11.6. The van der Waals surface area contributed by atoms with E-state index in [9.17, 15) is 14.9 Å². The maximum absolute atomic E-state index is 11.6. The number of benzene rings is 1. The molecule has 1 amide bonds. The molecule has 1 aromatic carbocycles. The summed E-state index contributed by atoms with van der Waals surface area (Å²) in [4.78, 5) is 21.9. The smallest absolute Gasteiger partial charge is 0.407 e. The van der Waals surface area contributed by atoms with Gasteiger partial charge in [-0.05, 0) is 33.3 Å². The Hall–Kier alpha value is -2.15. The average Bonchev–Trinajstić information content (AvgIpc) is 2.36. The molecule has 7 nitrogen and oxygen atoms in total. The highest BCUT2D eigenvalue weighted by Crippen LogP contribution is 2.12. The zero-order valence-corrected chi connectivity index (χ0v) is 13.4. The van der Waals surface area contributed by atoms with E-state index < -0.39 is 16.6 Å². The Morgan fingerprint density at radius 3 is 2.68 bits per heavy atom. The first-order chi connectivity index (χ1) is 10.2. The van der Waals surface area contributed by atoms with Crippen molar-refractivity contribution in [1.29, 1.82) is 0 Å². The van der Waals surface area contributed by atoms with Crippen molar-refractivity contribution in [2.75, 3.05) is 6.54 Å². The summed E-state index contributed by atoms with van der Waals surface area (Å²) in [6.07, 6.45) is -0.461. The van der Waals surface area contributed by atoms with Gasteiger partial charge in [0.15, 0.2) is 0 Å². The van der Waals surface area contributed by atoms with E-state index in [-0.39, 0.29) is 11.7 Å². The van der Waals surface area contributed by atoms with Gasteiger partial charge in [-0.15, -0.1) is 0 Å². The number of nitro groups is 1. The summed E-state index contributed by atoms with van der Waals surface area (Å²) in [7, 11) is 0. The number of nitro benzene ring substituents is 1. The predicted molar refractivity (Wildman–Crippen MR) is 83.6 cm³/mol. The Kier molecular flexibility index (Phi) is 6.30. The molecule has 122 valence electrons. The summed E-state index contributed by atoms with van der Waals surface area (Å²) >= 11 is 0. The van der Waals surface area contributed by atoms with Gasteiger partial charge in [0, 0.05) is 31.3 Å². The molecule has 0 aliphatic rings. The van der Waals surface area contributed by atoms with Crippen LogP contribution in [0.4, 0.5) is 10.5 Å². The standard InChI is InChI=1S/C15H23N3O4/c1-11(17-14(19)22-15(2,3)4)9-16-10-12-6-5-7-13(8-12)18(20)21/h5-8,11,16H,9-10H2,1-4H3,(H,17,19). The Balaban J connectivity index is 2.36. The predicted octanol–water partition coefficient (Wildman–Crippen LogP) is 2.60. The second-order valence-electron chi connectivity index (χ2n) is 6.11. The van der Waals surface area contributed by atoms with Crippen LogP contribution >= 0.6 is 0 Å². The number of nitrogens with one attached hydrogen (secondary N) is 2. The molecular weight excluding hydrogens is 286 g/mol. The Morgan fingerprint density at radius 1 is 1.41 bits per heavy atom. The van der Waals surface area contributed by atoms with Gasteiger partial charge in [-0.25, -0.2) is 4.79 Å². The molecule has 0 saturated carbocycles. The lowest BCUT2D eigenvalue weighted by molar-refractivity contribution is -0.384. The van der Waals surface area contributed by atoms with Crippen molar-refractivity contribution >= 4 is 11.8 Å². The molecule has 0 fully saturated rings. The van der Waals surface area contributed by atoms with Gasteiger partial charge >= 0.3 is 6.09 Å². The summed E-state index contributed by atoms with van der Waals surface area (Å²) in [6, 6.07) is 6.33. The SMILES string of the molecule is CC(CNCc1cccc([N+](=O)[O-])c1)NC(=O)OC(C)(C)C. The first-order valence-corrected chi connectivity index (χ1v) is 7.11. The normalized spacial score (nSPS) is 12.5. The molecular formula is C15H23N3O4. The van der Waals surface area contributed by atoms with Gasteiger partial charge in [-0.3, -0.25) is 10.1 Å². The van der Waals surface area contributed by atoms with Crippen LogP contribution < -0.4 is 10.6 Å². The number of carbonyl (C=O) groups excluding carboxylic acids is 1. The molecule has 0 bridgehead atoms. The van der Waals surface area contributed by atoms with Crippen molar-refractivity contribution in [3.63, 3.8) is 0 Å². The Labute approximate surface area is 130 Å².